The lowest BCUT2D eigenvalue weighted by molar-refractivity contribution is -0.137. The number of aliphatic carboxylic acids is 1. The number of halogens is 1. The number of nitrogens with one attached hydrogen (secondary N) is 1. The third kappa shape index (κ3) is 5.25. The van der Waals surface area contributed by atoms with E-state index in [0.717, 1.165) is 40.5 Å². The SMILES string of the molecule is CC(C)C1=CN(CCC(=O)O)C(=O)N[C@]1(C)c1ccc(CCC2CC(C)(C)C2)c(Cl)c1. The standard InChI is InChI=1S/C25H35ClN2O3/c1-16(2)20-15-28(11-10-22(29)30)23(31)27-25(20,5)19-9-8-18(21(26)12-19)7-6-17-13-24(3,4)14-17/h8-9,12,15-17H,6-7,10-11,13-14H2,1-5H3,(H,27,31)(H,29,30)/t25-/m1/s1. The molecule has 2 amide bonds. The van der Waals surface area contributed by atoms with Crippen molar-refractivity contribution < 1.29 is 14.7 Å². The number of hydrogen-bond donors (Lipinski definition) is 2. The number of carbonyl (C=O) groups is 2. The Hall–Kier alpha value is -2.01. The Labute approximate surface area is 190 Å². The van der Waals surface area contributed by atoms with Gasteiger partial charge in [0, 0.05) is 17.8 Å². The molecular formula is C25H35ClN2O3. The Bertz CT molecular complexity index is 885. The van der Waals surface area contributed by atoms with Crippen LogP contribution in [0.4, 0.5) is 4.79 Å². The van der Waals surface area contributed by atoms with Crippen LogP contribution in [-0.2, 0) is 16.8 Å². The number of nitrogens with zero attached hydrogens (tertiary/aromatic N) is 1. The monoisotopic (exact) mass is 446 g/mol. The highest BCUT2D eigenvalue weighted by molar-refractivity contribution is 6.31. The Balaban J connectivity index is 1.79. The zero-order valence-electron chi connectivity index (χ0n) is 19.3. The molecule has 1 saturated carbocycles. The smallest absolute Gasteiger partial charge is 0.322 e. The van der Waals surface area contributed by atoms with Gasteiger partial charge < -0.3 is 15.3 Å². The third-order valence-electron chi connectivity index (χ3n) is 6.81. The molecule has 170 valence electrons. The highest BCUT2D eigenvalue weighted by atomic mass is 35.5. The van der Waals surface area contributed by atoms with Crippen molar-refractivity contribution in [1.82, 2.24) is 10.2 Å². The van der Waals surface area contributed by atoms with Crippen LogP contribution < -0.4 is 5.32 Å². The summed E-state index contributed by atoms with van der Waals surface area (Å²) >= 11 is 6.68. The molecule has 0 spiro atoms. The molecule has 1 aromatic rings. The number of urea groups is 1. The maximum Gasteiger partial charge on any atom is 0.322 e. The second-order valence-corrected chi connectivity index (χ2v) is 10.8. The van der Waals surface area contributed by atoms with Crippen LogP contribution in [-0.4, -0.2) is 28.6 Å². The van der Waals surface area contributed by atoms with Crippen molar-refractivity contribution in [1.29, 1.82) is 0 Å². The molecule has 0 saturated heterocycles. The van der Waals surface area contributed by atoms with E-state index in [1.807, 2.05) is 19.2 Å². The predicted molar refractivity (Wildman–Crippen MR) is 124 cm³/mol. The van der Waals surface area contributed by atoms with Crippen molar-refractivity contribution in [2.75, 3.05) is 6.54 Å². The average molecular weight is 447 g/mol. The van der Waals surface area contributed by atoms with Gasteiger partial charge in [-0.05, 0) is 72.6 Å². The van der Waals surface area contributed by atoms with Gasteiger partial charge in [-0.1, -0.05) is 51.4 Å². The zero-order chi connectivity index (χ0) is 23.0. The molecule has 2 aliphatic rings. The van der Waals surface area contributed by atoms with E-state index in [1.54, 1.807) is 0 Å². The van der Waals surface area contributed by atoms with Gasteiger partial charge in [0.1, 0.15) is 0 Å². The van der Waals surface area contributed by atoms with Gasteiger partial charge in [-0.25, -0.2) is 4.79 Å². The topological polar surface area (TPSA) is 69.6 Å². The number of carboxylic acids is 1. The fourth-order valence-electron chi connectivity index (χ4n) is 5.19. The van der Waals surface area contributed by atoms with Crippen molar-refractivity contribution in [3.05, 3.63) is 46.1 Å². The molecule has 1 fully saturated rings. The maximum absolute atomic E-state index is 12.7. The van der Waals surface area contributed by atoms with Crippen molar-refractivity contribution >= 4 is 23.6 Å². The first-order valence-corrected chi connectivity index (χ1v) is 11.6. The van der Waals surface area contributed by atoms with Gasteiger partial charge in [0.15, 0.2) is 0 Å². The average Bonchev–Trinajstić information content (AvgIpc) is 2.64. The van der Waals surface area contributed by atoms with E-state index in [4.69, 9.17) is 16.7 Å². The Morgan fingerprint density at radius 3 is 2.52 bits per heavy atom. The molecule has 31 heavy (non-hydrogen) atoms. The minimum absolute atomic E-state index is 0.0925. The molecular weight excluding hydrogens is 412 g/mol. The highest BCUT2D eigenvalue weighted by Gasteiger charge is 2.40. The van der Waals surface area contributed by atoms with Crippen LogP contribution in [0.15, 0.2) is 30.0 Å². The van der Waals surface area contributed by atoms with E-state index in [2.05, 4.69) is 45.1 Å². The predicted octanol–water partition coefficient (Wildman–Crippen LogP) is 5.96. The highest BCUT2D eigenvalue weighted by Crippen LogP contribution is 2.47. The normalized spacial score (nSPS) is 23.4. The quantitative estimate of drug-likeness (QED) is 0.517. The molecule has 0 bridgehead atoms. The number of hydrogen-bond acceptors (Lipinski definition) is 2. The van der Waals surface area contributed by atoms with Gasteiger partial charge in [0.05, 0.1) is 12.0 Å². The molecule has 1 heterocycles. The number of amides is 2. The van der Waals surface area contributed by atoms with Gasteiger partial charge in [-0.15, -0.1) is 0 Å². The number of carboxylic acid groups (broad SMARTS) is 1. The van der Waals surface area contributed by atoms with Crippen molar-refractivity contribution in [3.63, 3.8) is 0 Å². The lowest BCUT2D eigenvalue weighted by Gasteiger charge is -2.43. The van der Waals surface area contributed by atoms with Crippen molar-refractivity contribution in [3.8, 4) is 0 Å². The van der Waals surface area contributed by atoms with E-state index >= 15 is 0 Å². The molecule has 0 unspecified atom stereocenters. The third-order valence-corrected chi connectivity index (χ3v) is 7.17. The first kappa shape index (κ1) is 23.6. The molecule has 5 nitrogen and oxygen atoms in total. The van der Waals surface area contributed by atoms with Crippen molar-refractivity contribution in [2.24, 2.45) is 17.3 Å². The van der Waals surface area contributed by atoms with Crippen LogP contribution in [0.5, 0.6) is 0 Å². The minimum atomic E-state index is -0.923. The molecule has 0 aromatic heterocycles. The van der Waals surface area contributed by atoms with Crippen molar-refractivity contribution in [2.45, 2.75) is 72.3 Å². The Morgan fingerprint density at radius 2 is 1.97 bits per heavy atom. The summed E-state index contributed by atoms with van der Waals surface area (Å²) in [5, 5.41) is 12.8. The summed E-state index contributed by atoms with van der Waals surface area (Å²) < 4.78 is 0. The number of carbonyl (C=O) groups excluding carboxylic acids is 1. The van der Waals surface area contributed by atoms with Gasteiger partial charge >= 0.3 is 12.0 Å². The van der Waals surface area contributed by atoms with E-state index in [-0.39, 0.29) is 24.9 Å². The van der Waals surface area contributed by atoms with E-state index < -0.39 is 11.5 Å². The van der Waals surface area contributed by atoms with Gasteiger partial charge in [-0.2, -0.15) is 0 Å². The summed E-state index contributed by atoms with van der Waals surface area (Å²) in [5.74, 6) is 0.0278. The molecule has 3 rings (SSSR count). The number of rotatable bonds is 8. The number of benzene rings is 1. The van der Waals surface area contributed by atoms with E-state index in [0.29, 0.717) is 5.41 Å². The lowest BCUT2D eigenvalue weighted by atomic mass is 9.63. The fraction of sp³-hybridized carbons (Fsp3) is 0.600. The second kappa shape index (κ2) is 8.85. The first-order valence-electron chi connectivity index (χ1n) is 11.2. The van der Waals surface area contributed by atoms with Gasteiger partial charge in [0.2, 0.25) is 0 Å². The summed E-state index contributed by atoms with van der Waals surface area (Å²) in [4.78, 5) is 25.1. The molecule has 1 atom stereocenters. The molecule has 1 aromatic carbocycles. The summed E-state index contributed by atoms with van der Waals surface area (Å²) in [6.45, 7) is 10.9. The first-order chi connectivity index (χ1) is 14.4. The van der Waals surface area contributed by atoms with Gasteiger partial charge in [-0.3, -0.25) is 4.79 Å². The summed E-state index contributed by atoms with van der Waals surface area (Å²) in [5.41, 5.74) is 2.92. The second-order valence-electron chi connectivity index (χ2n) is 10.4. The summed E-state index contributed by atoms with van der Waals surface area (Å²) in [6.07, 6.45) is 6.42. The fourth-order valence-corrected chi connectivity index (χ4v) is 5.46. The van der Waals surface area contributed by atoms with Crippen LogP contribution in [0.25, 0.3) is 0 Å². The summed E-state index contributed by atoms with van der Waals surface area (Å²) in [7, 11) is 0. The minimum Gasteiger partial charge on any atom is -0.481 e. The Kier molecular flexibility index (Phi) is 6.75. The largest absolute Gasteiger partial charge is 0.481 e. The van der Waals surface area contributed by atoms with Crippen LogP contribution in [0, 0.1) is 17.3 Å². The number of aryl methyl sites for hydroxylation is 1. The zero-order valence-corrected chi connectivity index (χ0v) is 20.1. The molecule has 0 radical (unpaired) electrons. The van der Waals surface area contributed by atoms with Crippen LogP contribution in [0.2, 0.25) is 5.02 Å². The van der Waals surface area contributed by atoms with Crippen LogP contribution >= 0.6 is 11.6 Å². The van der Waals surface area contributed by atoms with Crippen LogP contribution in [0.1, 0.15) is 71.4 Å². The summed E-state index contributed by atoms with van der Waals surface area (Å²) in [6, 6.07) is 5.84. The van der Waals surface area contributed by atoms with E-state index in [1.165, 1.54) is 17.7 Å². The van der Waals surface area contributed by atoms with Crippen LogP contribution in [0.3, 0.4) is 0 Å². The maximum atomic E-state index is 12.7. The molecule has 1 aliphatic heterocycles. The molecule has 1 aliphatic carbocycles. The molecule has 6 heteroatoms. The Morgan fingerprint density at radius 1 is 1.29 bits per heavy atom. The molecule has 2 N–H and O–H groups in total. The van der Waals surface area contributed by atoms with E-state index in [9.17, 15) is 9.59 Å². The lowest BCUT2D eigenvalue weighted by Crippen LogP contribution is -2.55. The van der Waals surface area contributed by atoms with Gasteiger partial charge in [0.25, 0.3) is 0 Å².